The molecular formula is C33H44ClN5O8S2. The summed E-state index contributed by atoms with van der Waals surface area (Å²) in [5, 5.41) is 7.89. The van der Waals surface area contributed by atoms with E-state index in [0.29, 0.717) is 23.4 Å². The first-order valence-corrected chi connectivity index (χ1v) is 19.2. The average molecular weight is 738 g/mol. The normalized spacial score (nSPS) is 12.4. The molecule has 0 saturated carbocycles. The van der Waals surface area contributed by atoms with Crippen LogP contribution >= 0.6 is 11.6 Å². The van der Waals surface area contributed by atoms with Crippen molar-refractivity contribution in [2.75, 3.05) is 45.1 Å². The number of hydrogen-bond donors (Lipinski definition) is 4. The largest absolute Gasteiger partial charge is 0.378 e. The highest BCUT2D eigenvalue weighted by Crippen LogP contribution is 2.33. The standard InChI is InChI=1S/C33H44ClN5O8S2/c1-24-23-35-14-13-29(24)28-9-6-8-27(22-28)26(3)39(49(45,46)31-11-7-10-30(34)25(31)2)18-5-4-12-32(40)36-15-19-47-20-16-37-33(41)38-17-21-48(42,43)44/h6-11,13-14,22-23,26H,4-5,12,15-21H2,1-3H3,(H,36,40)(H2,37,38,41)(H,42,43,44). The molecule has 3 rings (SSSR count). The summed E-state index contributed by atoms with van der Waals surface area (Å²) in [6.07, 6.45) is 4.60. The lowest BCUT2D eigenvalue weighted by Crippen LogP contribution is -2.39. The second-order valence-corrected chi connectivity index (χ2v) is 15.2. The van der Waals surface area contributed by atoms with Gasteiger partial charge in [0.25, 0.3) is 10.1 Å². The van der Waals surface area contributed by atoms with Gasteiger partial charge in [0.05, 0.1) is 23.9 Å². The number of sulfonamides is 1. The van der Waals surface area contributed by atoms with E-state index in [1.54, 1.807) is 37.5 Å². The van der Waals surface area contributed by atoms with E-state index in [9.17, 15) is 26.4 Å². The van der Waals surface area contributed by atoms with Crippen molar-refractivity contribution in [3.63, 3.8) is 0 Å². The van der Waals surface area contributed by atoms with Crippen molar-refractivity contribution >= 4 is 43.7 Å². The molecular weight excluding hydrogens is 694 g/mol. The zero-order valence-electron chi connectivity index (χ0n) is 27.8. The number of halogens is 1. The molecule has 4 N–H and O–H groups in total. The van der Waals surface area contributed by atoms with E-state index < -0.39 is 38.0 Å². The molecule has 1 heterocycles. The number of rotatable bonds is 19. The molecule has 2 aromatic carbocycles. The second kappa shape index (κ2) is 19.0. The van der Waals surface area contributed by atoms with E-state index in [0.717, 1.165) is 22.3 Å². The van der Waals surface area contributed by atoms with Crippen molar-refractivity contribution in [3.8, 4) is 11.1 Å². The predicted molar refractivity (Wildman–Crippen MR) is 188 cm³/mol. The van der Waals surface area contributed by atoms with E-state index in [-0.39, 0.29) is 56.6 Å². The second-order valence-electron chi connectivity index (χ2n) is 11.4. The first kappa shape index (κ1) is 39.8. The fraction of sp³-hybridized carbons (Fsp3) is 0.424. The zero-order valence-corrected chi connectivity index (χ0v) is 30.2. The molecule has 1 atom stereocenters. The summed E-state index contributed by atoms with van der Waals surface area (Å²) in [5.41, 5.74) is 4.26. The summed E-state index contributed by atoms with van der Waals surface area (Å²) in [4.78, 5) is 28.3. The van der Waals surface area contributed by atoms with Crippen LogP contribution in [0.5, 0.6) is 0 Å². The molecule has 3 amide bonds. The Morgan fingerprint density at radius 2 is 1.65 bits per heavy atom. The summed E-state index contributed by atoms with van der Waals surface area (Å²) in [7, 11) is -8.12. The van der Waals surface area contributed by atoms with Crippen LogP contribution in [0.15, 0.2) is 65.8 Å². The van der Waals surface area contributed by atoms with Gasteiger partial charge in [-0.3, -0.25) is 14.3 Å². The molecule has 0 saturated heterocycles. The number of pyridine rings is 1. The first-order valence-electron chi connectivity index (χ1n) is 15.8. The molecule has 268 valence electrons. The molecule has 0 aliphatic heterocycles. The van der Waals surface area contributed by atoms with Crippen LogP contribution in [0.4, 0.5) is 4.79 Å². The topological polar surface area (TPSA) is 184 Å². The third kappa shape index (κ3) is 12.7. The minimum Gasteiger partial charge on any atom is -0.378 e. The fourth-order valence-corrected chi connectivity index (χ4v) is 7.54. The minimum absolute atomic E-state index is 0.138. The Kier molecular flexibility index (Phi) is 15.4. The highest BCUT2D eigenvalue weighted by molar-refractivity contribution is 7.89. The van der Waals surface area contributed by atoms with Gasteiger partial charge in [-0.2, -0.15) is 12.7 Å². The average Bonchev–Trinajstić information content (AvgIpc) is 3.04. The minimum atomic E-state index is -4.15. The monoisotopic (exact) mass is 737 g/mol. The van der Waals surface area contributed by atoms with Crippen molar-refractivity contribution in [1.29, 1.82) is 0 Å². The molecule has 0 aliphatic rings. The Morgan fingerprint density at radius 3 is 2.37 bits per heavy atom. The number of nitrogens with zero attached hydrogens (tertiary/aromatic N) is 2. The van der Waals surface area contributed by atoms with Gasteiger partial charge in [0.2, 0.25) is 15.9 Å². The first-order chi connectivity index (χ1) is 23.2. The van der Waals surface area contributed by atoms with Crippen LogP contribution in [-0.2, 0) is 29.7 Å². The number of benzene rings is 2. The number of nitrogens with one attached hydrogen (secondary N) is 3. The van der Waals surface area contributed by atoms with Crippen LogP contribution < -0.4 is 16.0 Å². The van der Waals surface area contributed by atoms with Crippen LogP contribution in [0.1, 0.15) is 48.9 Å². The number of urea groups is 1. The SMILES string of the molecule is Cc1cnccc1-c1cccc(C(C)N(CCCCC(=O)NCCOCCNC(=O)NCCS(=O)(=O)O)S(=O)(=O)c2cccc(Cl)c2C)c1. The van der Waals surface area contributed by atoms with Crippen LogP contribution in [0.2, 0.25) is 5.02 Å². The highest BCUT2D eigenvalue weighted by Gasteiger charge is 2.31. The summed E-state index contributed by atoms with van der Waals surface area (Å²) < 4.78 is 65.1. The molecule has 0 aliphatic carbocycles. The molecule has 0 spiro atoms. The number of aromatic nitrogens is 1. The van der Waals surface area contributed by atoms with E-state index in [1.165, 1.54) is 4.31 Å². The quantitative estimate of drug-likeness (QED) is 0.103. The smallest absolute Gasteiger partial charge is 0.314 e. The number of unbranched alkanes of at least 4 members (excludes halogenated alkanes) is 1. The Labute approximate surface area is 293 Å². The molecule has 49 heavy (non-hydrogen) atoms. The summed E-state index contributed by atoms with van der Waals surface area (Å²) in [6, 6.07) is 13.4. The molecule has 3 aromatic rings. The predicted octanol–water partition coefficient (Wildman–Crippen LogP) is 4.26. The van der Waals surface area contributed by atoms with E-state index in [2.05, 4.69) is 20.9 Å². The van der Waals surface area contributed by atoms with E-state index in [4.69, 9.17) is 20.9 Å². The van der Waals surface area contributed by atoms with Gasteiger partial charge in [-0.05, 0) is 85.7 Å². The number of ether oxygens (including phenoxy) is 1. The summed E-state index contributed by atoms with van der Waals surface area (Å²) in [6.45, 7) is 6.25. The van der Waals surface area contributed by atoms with Crippen molar-refractivity contribution in [3.05, 3.63) is 82.6 Å². The van der Waals surface area contributed by atoms with Gasteiger partial charge in [0.15, 0.2) is 0 Å². The van der Waals surface area contributed by atoms with E-state index in [1.807, 2.05) is 44.2 Å². The van der Waals surface area contributed by atoms with Crippen molar-refractivity contribution in [2.45, 2.75) is 51.0 Å². The van der Waals surface area contributed by atoms with Gasteiger partial charge in [-0.25, -0.2) is 13.2 Å². The summed E-state index contributed by atoms with van der Waals surface area (Å²) in [5.74, 6) is -0.786. The molecule has 0 bridgehead atoms. The van der Waals surface area contributed by atoms with Crippen LogP contribution in [0.3, 0.4) is 0 Å². The Balaban J connectivity index is 1.54. The van der Waals surface area contributed by atoms with Crippen LogP contribution in [-0.4, -0.2) is 87.8 Å². The Hall–Kier alpha value is -3.60. The van der Waals surface area contributed by atoms with Gasteiger partial charge in [-0.1, -0.05) is 35.9 Å². The Bertz CT molecular complexity index is 1790. The lowest BCUT2D eigenvalue weighted by Gasteiger charge is -2.30. The van der Waals surface area contributed by atoms with Gasteiger partial charge in [0, 0.05) is 56.1 Å². The Morgan fingerprint density at radius 1 is 0.959 bits per heavy atom. The maximum Gasteiger partial charge on any atom is 0.314 e. The zero-order chi connectivity index (χ0) is 36.0. The molecule has 1 unspecified atom stereocenters. The third-order valence-corrected chi connectivity index (χ3v) is 11.0. The van der Waals surface area contributed by atoms with Crippen LogP contribution in [0, 0.1) is 13.8 Å². The van der Waals surface area contributed by atoms with Crippen molar-refractivity contribution in [2.24, 2.45) is 0 Å². The third-order valence-electron chi connectivity index (χ3n) is 7.72. The number of hydrogen-bond acceptors (Lipinski definition) is 8. The fourth-order valence-electron chi connectivity index (χ4n) is 5.04. The van der Waals surface area contributed by atoms with Crippen LogP contribution in [0.25, 0.3) is 11.1 Å². The maximum atomic E-state index is 14.1. The van der Waals surface area contributed by atoms with Crippen molar-refractivity contribution < 1.29 is 35.7 Å². The van der Waals surface area contributed by atoms with Gasteiger partial charge in [0.1, 0.15) is 0 Å². The van der Waals surface area contributed by atoms with Gasteiger partial charge in [-0.15, -0.1) is 0 Å². The van der Waals surface area contributed by atoms with Gasteiger partial charge >= 0.3 is 6.03 Å². The summed E-state index contributed by atoms with van der Waals surface area (Å²) >= 11 is 6.32. The van der Waals surface area contributed by atoms with E-state index >= 15 is 0 Å². The van der Waals surface area contributed by atoms with Crippen molar-refractivity contribution in [1.82, 2.24) is 25.2 Å². The highest BCUT2D eigenvalue weighted by atomic mass is 35.5. The number of carbonyl (C=O) groups is 2. The maximum absolute atomic E-state index is 14.1. The lowest BCUT2D eigenvalue weighted by atomic mass is 9.98. The van der Waals surface area contributed by atoms with Gasteiger partial charge < -0.3 is 20.7 Å². The molecule has 1 aromatic heterocycles. The molecule has 16 heteroatoms. The molecule has 0 radical (unpaired) electrons. The number of amides is 3. The number of carbonyl (C=O) groups excluding carboxylic acids is 2. The lowest BCUT2D eigenvalue weighted by molar-refractivity contribution is -0.121. The molecule has 13 nitrogen and oxygen atoms in total. The molecule has 0 fully saturated rings. The number of aryl methyl sites for hydroxylation is 1.